The predicted octanol–water partition coefficient (Wildman–Crippen LogP) is 2.56. The lowest BCUT2D eigenvalue weighted by Gasteiger charge is -2.08. The molecular weight excluding hydrogens is 284 g/mol. The summed E-state index contributed by atoms with van der Waals surface area (Å²) >= 11 is 3.34. The van der Waals surface area contributed by atoms with Crippen LogP contribution in [0.3, 0.4) is 0 Å². The molecule has 0 fully saturated rings. The summed E-state index contributed by atoms with van der Waals surface area (Å²) in [6, 6.07) is 7.05. The molecule has 0 aliphatic carbocycles. The zero-order valence-electron chi connectivity index (χ0n) is 9.12. The number of ether oxygens (including phenoxy) is 1. The molecule has 0 amide bonds. The highest BCUT2D eigenvalue weighted by Crippen LogP contribution is 2.27. The fourth-order valence-corrected chi connectivity index (χ4v) is 1.70. The molecule has 17 heavy (non-hydrogen) atoms. The van der Waals surface area contributed by atoms with Crippen molar-refractivity contribution in [2.45, 2.75) is 6.92 Å². The summed E-state index contributed by atoms with van der Waals surface area (Å²) in [6.07, 6.45) is 0. The van der Waals surface area contributed by atoms with E-state index in [1.165, 1.54) is 0 Å². The normalized spacial score (nSPS) is 10.2. The van der Waals surface area contributed by atoms with Gasteiger partial charge in [0.1, 0.15) is 11.6 Å². The summed E-state index contributed by atoms with van der Waals surface area (Å²) in [6.45, 7) is 1.88. The van der Waals surface area contributed by atoms with Crippen LogP contribution >= 0.6 is 15.9 Å². The van der Waals surface area contributed by atoms with Crippen LogP contribution in [-0.2, 0) is 0 Å². The highest BCUT2D eigenvalue weighted by molar-refractivity contribution is 9.10. The highest BCUT2D eigenvalue weighted by Gasteiger charge is 2.09. The number of rotatable bonds is 3. The molecule has 1 aromatic heterocycles. The smallest absolute Gasteiger partial charge is 0.238 e. The zero-order valence-corrected chi connectivity index (χ0v) is 10.7. The molecule has 0 spiro atoms. The molecule has 0 aliphatic heterocycles. The van der Waals surface area contributed by atoms with Gasteiger partial charge in [-0.25, -0.2) is 0 Å². The van der Waals surface area contributed by atoms with Crippen LogP contribution in [-0.4, -0.2) is 16.0 Å². The van der Waals surface area contributed by atoms with Crippen LogP contribution in [0.4, 0.5) is 0 Å². The molecule has 0 saturated carbocycles. The van der Waals surface area contributed by atoms with Crippen molar-refractivity contribution in [3.63, 3.8) is 0 Å². The Morgan fingerprint density at radius 3 is 2.82 bits per heavy atom. The van der Waals surface area contributed by atoms with Gasteiger partial charge in [-0.3, -0.25) is 10.5 Å². The Labute approximate surface area is 107 Å². The maximum atomic E-state index is 7.47. The van der Waals surface area contributed by atoms with Gasteiger partial charge in [-0.2, -0.15) is 0 Å². The van der Waals surface area contributed by atoms with Gasteiger partial charge in [0, 0.05) is 16.2 Å². The van der Waals surface area contributed by atoms with E-state index < -0.39 is 0 Å². The van der Waals surface area contributed by atoms with Crippen LogP contribution in [0.15, 0.2) is 28.7 Å². The first kappa shape index (κ1) is 11.7. The average molecular weight is 295 g/mol. The largest absolute Gasteiger partial charge is 0.437 e. The van der Waals surface area contributed by atoms with Crippen LogP contribution in [0.25, 0.3) is 0 Å². The van der Waals surface area contributed by atoms with E-state index in [1.807, 2.05) is 6.92 Å². The van der Waals surface area contributed by atoms with Gasteiger partial charge in [-0.15, -0.1) is 5.10 Å². The Morgan fingerprint density at radius 2 is 2.24 bits per heavy atom. The number of aryl methyl sites for hydroxylation is 1. The summed E-state index contributed by atoms with van der Waals surface area (Å²) in [5, 5.41) is 14.2. The Hall–Kier alpha value is -1.82. The number of nitrogens with two attached hydrogens (primary N) is 1. The first-order valence-electron chi connectivity index (χ1n) is 4.90. The monoisotopic (exact) mass is 294 g/mol. The van der Waals surface area contributed by atoms with Gasteiger partial charge in [0.15, 0.2) is 0 Å². The van der Waals surface area contributed by atoms with E-state index in [0.717, 1.165) is 10.2 Å². The number of hydrogen-bond acceptors (Lipinski definition) is 3. The first-order valence-corrected chi connectivity index (χ1v) is 5.69. The van der Waals surface area contributed by atoms with Crippen molar-refractivity contribution in [1.29, 1.82) is 5.41 Å². The van der Waals surface area contributed by atoms with Crippen molar-refractivity contribution in [1.82, 2.24) is 10.2 Å². The second kappa shape index (κ2) is 4.58. The molecule has 5 nitrogen and oxygen atoms in total. The molecule has 2 aromatic rings. The lowest BCUT2D eigenvalue weighted by Crippen LogP contribution is -2.12. The van der Waals surface area contributed by atoms with Gasteiger partial charge in [0.2, 0.25) is 5.88 Å². The molecule has 0 aliphatic rings. The number of nitrogens with one attached hydrogen (secondary N) is 2. The molecule has 6 heteroatoms. The second-order valence-electron chi connectivity index (χ2n) is 3.55. The number of H-pyrrole nitrogens is 1. The Kier molecular flexibility index (Phi) is 3.14. The molecular formula is C11H11BrN4O. The lowest BCUT2D eigenvalue weighted by molar-refractivity contribution is 0.460. The quantitative estimate of drug-likeness (QED) is 0.600. The molecule has 1 heterocycles. The number of nitrogen functional groups attached to an aromatic ring is 1. The number of benzene rings is 1. The molecule has 0 radical (unpaired) electrons. The number of aromatic nitrogens is 2. The van der Waals surface area contributed by atoms with Crippen molar-refractivity contribution < 1.29 is 4.74 Å². The molecule has 0 saturated heterocycles. The van der Waals surface area contributed by atoms with Crippen LogP contribution in [0.2, 0.25) is 0 Å². The minimum absolute atomic E-state index is 0.0419. The van der Waals surface area contributed by atoms with Gasteiger partial charge in [-0.05, 0) is 25.1 Å². The van der Waals surface area contributed by atoms with Crippen molar-refractivity contribution in [3.8, 4) is 11.6 Å². The summed E-state index contributed by atoms with van der Waals surface area (Å²) in [4.78, 5) is 0. The number of aromatic amines is 1. The van der Waals surface area contributed by atoms with Crippen molar-refractivity contribution >= 4 is 21.8 Å². The minimum atomic E-state index is -0.0419. The zero-order chi connectivity index (χ0) is 12.4. The number of hydrogen-bond donors (Lipinski definition) is 3. The lowest BCUT2D eigenvalue weighted by atomic mass is 10.2. The van der Waals surface area contributed by atoms with Gasteiger partial charge >= 0.3 is 0 Å². The third-order valence-electron chi connectivity index (χ3n) is 2.13. The van der Waals surface area contributed by atoms with Crippen LogP contribution < -0.4 is 10.5 Å². The van der Waals surface area contributed by atoms with E-state index in [4.69, 9.17) is 15.9 Å². The number of amidine groups is 1. The molecule has 88 valence electrons. The van der Waals surface area contributed by atoms with Gasteiger partial charge in [0.25, 0.3) is 0 Å². The number of nitrogens with zero attached hydrogens (tertiary/aromatic N) is 1. The standard InChI is InChI=1S/C11H11BrN4O/c1-6-4-10(16-15-6)17-9-5-7(12)2-3-8(9)11(13)14/h2-5H,1H3,(H3,13,14)(H,15,16). The molecule has 0 unspecified atom stereocenters. The summed E-state index contributed by atoms with van der Waals surface area (Å²) in [5.74, 6) is 0.904. The summed E-state index contributed by atoms with van der Waals surface area (Å²) < 4.78 is 6.43. The van der Waals surface area contributed by atoms with E-state index >= 15 is 0 Å². The highest BCUT2D eigenvalue weighted by atomic mass is 79.9. The Bertz CT molecular complexity index is 564. The summed E-state index contributed by atoms with van der Waals surface area (Å²) in [5.41, 5.74) is 6.92. The van der Waals surface area contributed by atoms with Crippen LogP contribution in [0.1, 0.15) is 11.3 Å². The van der Waals surface area contributed by atoms with E-state index in [1.54, 1.807) is 24.3 Å². The minimum Gasteiger partial charge on any atom is -0.437 e. The molecule has 1 aromatic carbocycles. The molecule has 4 N–H and O–H groups in total. The molecule has 0 bridgehead atoms. The van der Waals surface area contributed by atoms with Crippen LogP contribution in [0.5, 0.6) is 11.6 Å². The number of halogens is 1. The third kappa shape index (κ3) is 2.65. The van der Waals surface area contributed by atoms with Crippen molar-refractivity contribution in [2.24, 2.45) is 5.73 Å². The van der Waals surface area contributed by atoms with Gasteiger partial charge in [0.05, 0.1) is 5.56 Å². The van der Waals surface area contributed by atoms with Gasteiger partial charge < -0.3 is 10.5 Å². The van der Waals surface area contributed by atoms with E-state index in [2.05, 4.69) is 26.1 Å². The predicted molar refractivity (Wildman–Crippen MR) is 68.6 cm³/mol. The van der Waals surface area contributed by atoms with E-state index in [9.17, 15) is 0 Å². The molecule has 0 atom stereocenters. The van der Waals surface area contributed by atoms with E-state index in [-0.39, 0.29) is 5.84 Å². The van der Waals surface area contributed by atoms with Crippen molar-refractivity contribution in [2.75, 3.05) is 0 Å². The topological polar surface area (TPSA) is 87.8 Å². The molecule has 2 rings (SSSR count). The Morgan fingerprint density at radius 1 is 1.47 bits per heavy atom. The third-order valence-corrected chi connectivity index (χ3v) is 2.62. The van der Waals surface area contributed by atoms with Crippen molar-refractivity contribution in [3.05, 3.63) is 40.0 Å². The summed E-state index contributed by atoms with van der Waals surface area (Å²) in [7, 11) is 0. The SMILES string of the molecule is Cc1cc(Oc2cc(Br)ccc2C(=N)N)n[nH]1. The average Bonchev–Trinajstić information content (AvgIpc) is 2.63. The second-order valence-corrected chi connectivity index (χ2v) is 4.46. The maximum absolute atomic E-state index is 7.47. The maximum Gasteiger partial charge on any atom is 0.238 e. The van der Waals surface area contributed by atoms with E-state index in [0.29, 0.717) is 17.2 Å². The fourth-order valence-electron chi connectivity index (χ4n) is 1.36. The van der Waals surface area contributed by atoms with Gasteiger partial charge in [-0.1, -0.05) is 15.9 Å². The fraction of sp³-hybridized carbons (Fsp3) is 0.0909. The Balaban J connectivity index is 2.37. The first-order chi connectivity index (χ1) is 8.06. The van der Waals surface area contributed by atoms with Crippen LogP contribution in [0, 0.1) is 12.3 Å².